The van der Waals surface area contributed by atoms with Gasteiger partial charge < -0.3 is 33.7 Å². The lowest BCUT2D eigenvalue weighted by molar-refractivity contribution is -0.156. The summed E-state index contributed by atoms with van der Waals surface area (Å²) in [6, 6.07) is 0. The lowest BCUT2D eigenvalue weighted by Crippen LogP contribution is -2.34. The van der Waals surface area contributed by atoms with Crippen LogP contribution < -0.4 is 5.32 Å². The molecule has 0 aromatic heterocycles. The summed E-state index contributed by atoms with van der Waals surface area (Å²) in [6.07, 6.45) is 28.0. The Morgan fingerprint density at radius 2 is 0.631 bits per heavy atom. The van der Waals surface area contributed by atoms with Crippen molar-refractivity contribution in [3.05, 3.63) is 12.2 Å². The number of nitrogens with one attached hydrogen (secondary N) is 1. The highest BCUT2D eigenvalue weighted by Gasteiger charge is 2.25. The van der Waals surface area contributed by atoms with Gasteiger partial charge >= 0.3 is 35.8 Å². The molecule has 0 saturated heterocycles. The molecule has 376 valence electrons. The minimum absolute atomic E-state index is 0.0670. The molecule has 65 heavy (non-hydrogen) atoms. The SMILES string of the molecule is CCCCCCCCC(=O)OCC(COC(=O)CCCCCCCC)CC(=O)O[C@H]1C=C[C@H](OC(=O)CC(COC(=O)CCCCCCCC)COC(=O)CCCCCCCC)CNC1. The number of carbonyl (C=O) groups is 6. The normalized spacial score (nSPS) is 14.8. The van der Waals surface area contributed by atoms with E-state index >= 15 is 0 Å². The van der Waals surface area contributed by atoms with Gasteiger partial charge in [0, 0.05) is 50.6 Å². The van der Waals surface area contributed by atoms with Crippen molar-refractivity contribution in [2.75, 3.05) is 39.5 Å². The van der Waals surface area contributed by atoms with Gasteiger partial charge in [0.1, 0.15) is 12.2 Å². The first-order chi connectivity index (χ1) is 31.6. The summed E-state index contributed by atoms with van der Waals surface area (Å²) < 4.78 is 33.7. The maximum absolute atomic E-state index is 13.2. The third-order valence-corrected chi connectivity index (χ3v) is 11.6. The number of esters is 6. The first kappa shape index (κ1) is 59.5. The highest BCUT2D eigenvalue weighted by atomic mass is 16.6. The molecule has 1 heterocycles. The van der Waals surface area contributed by atoms with Crippen LogP contribution in [0, 0.1) is 11.8 Å². The Hall–Kier alpha value is -3.48. The second-order valence-corrected chi connectivity index (χ2v) is 18.0. The molecular weight excluding hydrogens is 831 g/mol. The van der Waals surface area contributed by atoms with E-state index in [2.05, 4.69) is 33.0 Å². The smallest absolute Gasteiger partial charge is 0.306 e. The molecule has 1 N–H and O–H groups in total. The summed E-state index contributed by atoms with van der Waals surface area (Å²) in [5, 5.41) is 3.17. The van der Waals surface area contributed by atoms with Gasteiger partial charge in [0.2, 0.25) is 0 Å². The zero-order valence-corrected chi connectivity index (χ0v) is 41.3. The van der Waals surface area contributed by atoms with Crippen LogP contribution in [0.25, 0.3) is 0 Å². The van der Waals surface area contributed by atoms with Crippen molar-refractivity contribution >= 4 is 35.8 Å². The summed E-state index contributed by atoms with van der Waals surface area (Å²) in [5.74, 6) is -3.58. The average molecular weight is 922 g/mol. The minimum atomic E-state index is -0.665. The van der Waals surface area contributed by atoms with Gasteiger partial charge in [0.05, 0.1) is 39.3 Å². The second kappa shape index (κ2) is 41.9. The number of unbranched alkanes of at least 4 members (excludes halogenated alkanes) is 20. The molecular formula is C52H91NO12. The topological polar surface area (TPSA) is 170 Å². The van der Waals surface area contributed by atoms with Gasteiger partial charge in [-0.05, 0) is 37.8 Å². The molecule has 1 aliphatic rings. The van der Waals surface area contributed by atoms with E-state index in [9.17, 15) is 28.8 Å². The number of hydrogen-bond acceptors (Lipinski definition) is 13. The molecule has 0 radical (unpaired) electrons. The maximum Gasteiger partial charge on any atom is 0.306 e. The molecule has 2 atom stereocenters. The van der Waals surface area contributed by atoms with E-state index in [4.69, 9.17) is 28.4 Å². The predicted molar refractivity (Wildman–Crippen MR) is 254 cm³/mol. The Balaban J connectivity index is 2.76. The van der Waals surface area contributed by atoms with Crippen LogP contribution in [0.3, 0.4) is 0 Å². The van der Waals surface area contributed by atoms with Crippen LogP contribution >= 0.6 is 0 Å². The van der Waals surface area contributed by atoms with Crippen molar-refractivity contribution < 1.29 is 57.2 Å². The number of hydrogen-bond donors (Lipinski definition) is 1. The largest absolute Gasteiger partial charge is 0.465 e. The van der Waals surface area contributed by atoms with Crippen LogP contribution in [0.4, 0.5) is 0 Å². The average Bonchev–Trinajstić information content (AvgIpc) is 3.51. The molecule has 1 rings (SSSR count). The summed E-state index contributed by atoms with van der Waals surface area (Å²) in [7, 11) is 0. The second-order valence-electron chi connectivity index (χ2n) is 18.0. The van der Waals surface area contributed by atoms with Crippen LogP contribution in [-0.4, -0.2) is 87.5 Å². The Bertz CT molecular complexity index is 1130. The molecule has 0 saturated carbocycles. The Morgan fingerprint density at radius 1 is 0.385 bits per heavy atom. The zero-order chi connectivity index (χ0) is 47.6. The fraction of sp³-hybridized carbons (Fsp3) is 0.846. The van der Waals surface area contributed by atoms with E-state index in [1.807, 2.05) is 0 Å². The highest BCUT2D eigenvalue weighted by molar-refractivity contribution is 5.73. The number of carbonyl (C=O) groups excluding carboxylic acids is 6. The summed E-state index contributed by atoms with van der Waals surface area (Å²) >= 11 is 0. The van der Waals surface area contributed by atoms with Gasteiger partial charge in [0.15, 0.2) is 0 Å². The Labute approximate surface area is 393 Å². The van der Waals surface area contributed by atoms with Crippen LogP contribution in [0.5, 0.6) is 0 Å². The number of ether oxygens (including phenoxy) is 6. The van der Waals surface area contributed by atoms with Crippen LogP contribution in [0.1, 0.15) is 220 Å². The van der Waals surface area contributed by atoms with Crippen molar-refractivity contribution in [3.8, 4) is 0 Å². The lowest BCUT2D eigenvalue weighted by atomic mass is 10.1. The van der Waals surface area contributed by atoms with E-state index in [-0.39, 0.29) is 76.2 Å². The molecule has 1 aliphatic heterocycles. The van der Waals surface area contributed by atoms with Crippen LogP contribution in [0.2, 0.25) is 0 Å². The van der Waals surface area contributed by atoms with E-state index < -0.39 is 36.0 Å². The zero-order valence-electron chi connectivity index (χ0n) is 41.3. The van der Waals surface area contributed by atoms with Gasteiger partial charge in [0.25, 0.3) is 0 Å². The molecule has 0 bridgehead atoms. The van der Waals surface area contributed by atoms with Gasteiger partial charge in [-0.15, -0.1) is 0 Å². The number of rotatable bonds is 42. The fourth-order valence-electron chi connectivity index (χ4n) is 7.48. The fourth-order valence-corrected chi connectivity index (χ4v) is 7.48. The first-order valence-electron chi connectivity index (χ1n) is 26.0. The van der Waals surface area contributed by atoms with Crippen molar-refractivity contribution in [2.24, 2.45) is 11.8 Å². The van der Waals surface area contributed by atoms with E-state index in [0.717, 1.165) is 128 Å². The molecule has 0 spiro atoms. The molecule has 0 amide bonds. The predicted octanol–water partition coefficient (Wildman–Crippen LogP) is 11.2. The lowest BCUT2D eigenvalue weighted by Gasteiger charge is -2.19. The Kier molecular flexibility index (Phi) is 38.4. The van der Waals surface area contributed by atoms with Gasteiger partial charge in [-0.1, -0.05) is 156 Å². The standard InChI is InChI=1S/C52H91NO12/c1-5-9-13-17-21-25-29-47(54)60-39-43(40-61-48(55)30-26-22-18-14-10-6-2)35-51(58)64-45-33-34-46(38-53-37-45)65-52(59)36-44(41-62-49(56)31-27-23-19-15-11-7-3)42-63-50(57)32-28-24-20-16-12-8-4/h33-34,43-46,53H,5-32,35-42H2,1-4H3/t45-,46-/m0/s1. The Morgan fingerprint density at radius 3 is 0.892 bits per heavy atom. The third-order valence-electron chi connectivity index (χ3n) is 11.6. The molecule has 0 fully saturated rings. The van der Waals surface area contributed by atoms with Crippen LogP contribution in [-0.2, 0) is 57.2 Å². The summed E-state index contributed by atoms with van der Waals surface area (Å²) in [5.41, 5.74) is 0. The molecule has 0 aliphatic carbocycles. The van der Waals surface area contributed by atoms with E-state index in [0.29, 0.717) is 25.7 Å². The van der Waals surface area contributed by atoms with E-state index in [1.165, 1.54) is 25.7 Å². The molecule has 13 nitrogen and oxygen atoms in total. The van der Waals surface area contributed by atoms with Gasteiger partial charge in [-0.3, -0.25) is 28.8 Å². The monoisotopic (exact) mass is 922 g/mol. The molecule has 13 heteroatoms. The van der Waals surface area contributed by atoms with Crippen molar-refractivity contribution in [1.82, 2.24) is 5.32 Å². The maximum atomic E-state index is 13.2. The molecule has 0 aromatic carbocycles. The van der Waals surface area contributed by atoms with Crippen molar-refractivity contribution in [2.45, 2.75) is 233 Å². The minimum Gasteiger partial charge on any atom is -0.465 e. The third kappa shape index (κ3) is 36.3. The quantitative estimate of drug-likeness (QED) is 0.0266. The van der Waals surface area contributed by atoms with Crippen molar-refractivity contribution in [3.63, 3.8) is 0 Å². The molecule has 0 unspecified atom stereocenters. The first-order valence-corrected chi connectivity index (χ1v) is 26.0. The van der Waals surface area contributed by atoms with Crippen molar-refractivity contribution in [1.29, 1.82) is 0 Å². The van der Waals surface area contributed by atoms with Gasteiger partial charge in [-0.25, -0.2) is 0 Å². The summed E-state index contributed by atoms with van der Waals surface area (Å²) in [6.45, 7) is 8.92. The van der Waals surface area contributed by atoms with E-state index in [1.54, 1.807) is 12.2 Å². The van der Waals surface area contributed by atoms with Crippen LogP contribution in [0.15, 0.2) is 12.2 Å². The highest BCUT2D eigenvalue weighted by Crippen LogP contribution is 2.17. The summed E-state index contributed by atoms with van der Waals surface area (Å²) in [4.78, 5) is 76.6. The van der Waals surface area contributed by atoms with Gasteiger partial charge in [-0.2, -0.15) is 0 Å². The molecule has 0 aromatic rings.